The smallest absolute Gasteiger partial charge is 0.191 e. The highest BCUT2D eigenvalue weighted by Crippen LogP contribution is 2.24. The number of guanidine groups is 1. The summed E-state index contributed by atoms with van der Waals surface area (Å²) in [5.41, 5.74) is 1.37. The van der Waals surface area contributed by atoms with Crippen molar-refractivity contribution in [2.75, 3.05) is 59.7 Å². The minimum atomic E-state index is 0.389. The number of hydrogen-bond donors (Lipinski definition) is 2. The molecule has 0 aromatic heterocycles. The van der Waals surface area contributed by atoms with Crippen molar-refractivity contribution in [3.63, 3.8) is 0 Å². The molecular weight excluding hydrogens is 364 g/mol. The third-order valence-electron chi connectivity index (χ3n) is 5.90. The summed E-state index contributed by atoms with van der Waals surface area (Å²) >= 11 is 0. The molecule has 2 heterocycles. The maximum Gasteiger partial charge on any atom is 0.191 e. The van der Waals surface area contributed by atoms with Gasteiger partial charge in [-0.2, -0.15) is 0 Å². The van der Waals surface area contributed by atoms with Crippen LogP contribution in [0.25, 0.3) is 0 Å². The van der Waals surface area contributed by atoms with E-state index in [0.29, 0.717) is 12.0 Å². The van der Waals surface area contributed by atoms with Crippen molar-refractivity contribution in [3.8, 4) is 0 Å². The van der Waals surface area contributed by atoms with Gasteiger partial charge >= 0.3 is 0 Å². The topological polar surface area (TPSA) is 58.1 Å². The molecule has 2 fully saturated rings. The van der Waals surface area contributed by atoms with Crippen LogP contribution in [0.4, 0.5) is 0 Å². The zero-order chi connectivity index (χ0) is 20.2. The quantitative estimate of drug-likeness (QED) is 0.358. The summed E-state index contributed by atoms with van der Waals surface area (Å²) in [6.45, 7) is 7.53. The second-order valence-corrected chi connectivity index (χ2v) is 8.03. The Morgan fingerprint density at radius 3 is 2.66 bits per heavy atom. The van der Waals surface area contributed by atoms with E-state index in [2.05, 4.69) is 50.9 Å². The van der Waals surface area contributed by atoms with Crippen LogP contribution in [0, 0.1) is 5.92 Å². The van der Waals surface area contributed by atoms with Gasteiger partial charge in [-0.25, -0.2) is 0 Å². The number of ether oxygens (including phenoxy) is 2. The van der Waals surface area contributed by atoms with Crippen LogP contribution < -0.4 is 10.6 Å². The predicted octanol–water partition coefficient (Wildman–Crippen LogP) is 2.82. The second-order valence-electron chi connectivity index (χ2n) is 8.03. The van der Waals surface area contributed by atoms with Gasteiger partial charge in [0.25, 0.3) is 0 Å². The lowest BCUT2D eigenvalue weighted by atomic mass is 10.0. The minimum absolute atomic E-state index is 0.389. The fourth-order valence-electron chi connectivity index (χ4n) is 4.14. The van der Waals surface area contributed by atoms with E-state index in [1.165, 1.54) is 31.5 Å². The van der Waals surface area contributed by atoms with Gasteiger partial charge in [0, 0.05) is 46.6 Å². The first-order valence-electron chi connectivity index (χ1n) is 11.3. The molecule has 2 aliphatic heterocycles. The van der Waals surface area contributed by atoms with Crippen LogP contribution in [0.2, 0.25) is 0 Å². The Morgan fingerprint density at radius 2 is 1.93 bits per heavy atom. The molecule has 0 saturated carbocycles. The van der Waals surface area contributed by atoms with Crippen molar-refractivity contribution in [2.24, 2.45) is 10.9 Å². The van der Waals surface area contributed by atoms with E-state index in [9.17, 15) is 0 Å². The fourth-order valence-corrected chi connectivity index (χ4v) is 4.14. The number of nitrogens with one attached hydrogen (secondary N) is 2. The molecule has 1 aromatic rings. The Labute approximate surface area is 176 Å². The first kappa shape index (κ1) is 22.1. The Morgan fingerprint density at radius 1 is 1.17 bits per heavy atom. The standard InChI is InChI=1S/C23H38N4O2/c1-24-23(25-12-7-15-29-19-20-10-16-28-17-11-20)26-18-22(27-13-5-6-14-27)21-8-3-2-4-9-21/h2-4,8-9,20,22H,5-7,10-19H2,1H3,(H2,24,25,26). The Balaban J connectivity index is 1.35. The zero-order valence-electron chi connectivity index (χ0n) is 17.9. The molecule has 6 heteroatoms. The number of aliphatic imine (C=N–C) groups is 1. The van der Waals surface area contributed by atoms with E-state index < -0.39 is 0 Å². The molecule has 0 bridgehead atoms. The fraction of sp³-hybridized carbons (Fsp3) is 0.696. The van der Waals surface area contributed by atoms with E-state index in [4.69, 9.17) is 9.47 Å². The SMILES string of the molecule is CN=C(NCCCOCC1CCOCC1)NCC(c1ccccc1)N1CCCC1. The lowest BCUT2D eigenvalue weighted by Crippen LogP contribution is -2.43. The van der Waals surface area contributed by atoms with Crippen LogP contribution in [0.3, 0.4) is 0 Å². The summed E-state index contributed by atoms with van der Waals surface area (Å²) in [6, 6.07) is 11.2. The lowest BCUT2D eigenvalue weighted by Gasteiger charge is -2.29. The van der Waals surface area contributed by atoms with Crippen molar-refractivity contribution in [1.29, 1.82) is 0 Å². The number of hydrogen-bond acceptors (Lipinski definition) is 4. The Kier molecular flexibility index (Phi) is 9.76. The summed E-state index contributed by atoms with van der Waals surface area (Å²) in [5, 5.41) is 6.96. The molecule has 2 saturated heterocycles. The van der Waals surface area contributed by atoms with Crippen LogP contribution in [0.1, 0.15) is 43.7 Å². The van der Waals surface area contributed by atoms with Crippen LogP contribution in [0.15, 0.2) is 35.3 Å². The van der Waals surface area contributed by atoms with Gasteiger partial charge < -0.3 is 20.1 Å². The number of nitrogens with zero attached hydrogens (tertiary/aromatic N) is 2. The Bertz CT molecular complexity index is 584. The molecule has 2 N–H and O–H groups in total. The molecule has 162 valence electrons. The maximum atomic E-state index is 5.85. The third-order valence-corrected chi connectivity index (χ3v) is 5.90. The number of benzene rings is 1. The van der Waals surface area contributed by atoms with Gasteiger partial charge in [0.1, 0.15) is 0 Å². The van der Waals surface area contributed by atoms with Crippen molar-refractivity contribution in [2.45, 2.75) is 38.1 Å². The molecule has 2 aliphatic rings. The van der Waals surface area contributed by atoms with Crippen LogP contribution in [-0.4, -0.2) is 70.5 Å². The highest BCUT2D eigenvalue weighted by Gasteiger charge is 2.23. The highest BCUT2D eigenvalue weighted by molar-refractivity contribution is 5.79. The summed E-state index contributed by atoms with van der Waals surface area (Å²) in [5.74, 6) is 1.54. The van der Waals surface area contributed by atoms with Crippen molar-refractivity contribution in [1.82, 2.24) is 15.5 Å². The molecule has 29 heavy (non-hydrogen) atoms. The van der Waals surface area contributed by atoms with E-state index in [-0.39, 0.29) is 0 Å². The first-order chi connectivity index (χ1) is 14.4. The molecular formula is C23H38N4O2. The molecule has 6 nitrogen and oxygen atoms in total. The molecule has 1 atom stereocenters. The molecule has 1 unspecified atom stereocenters. The van der Waals surface area contributed by atoms with Crippen LogP contribution >= 0.6 is 0 Å². The molecule has 0 amide bonds. The van der Waals surface area contributed by atoms with Crippen molar-refractivity contribution >= 4 is 5.96 Å². The lowest BCUT2D eigenvalue weighted by molar-refractivity contribution is 0.0203. The summed E-state index contributed by atoms with van der Waals surface area (Å²) in [6.07, 6.45) is 5.84. The molecule has 0 radical (unpaired) electrons. The van der Waals surface area contributed by atoms with Crippen molar-refractivity contribution in [3.05, 3.63) is 35.9 Å². The van der Waals surface area contributed by atoms with E-state index in [1.807, 2.05) is 7.05 Å². The van der Waals surface area contributed by atoms with Gasteiger partial charge in [0.05, 0.1) is 6.04 Å². The average Bonchev–Trinajstić information content (AvgIpc) is 3.31. The maximum absolute atomic E-state index is 5.85. The third kappa shape index (κ3) is 7.61. The van der Waals surface area contributed by atoms with Crippen LogP contribution in [-0.2, 0) is 9.47 Å². The van der Waals surface area contributed by atoms with Gasteiger partial charge in [-0.05, 0) is 56.7 Å². The van der Waals surface area contributed by atoms with Gasteiger partial charge in [0.15, 0.2) is 5.96 Å². The van der Waals surface area contributed by atoms with Gasteiger partial charge in [0.2, 0.25) is 0 Å². The molecule has 1 aromatic carbocycles. The average molecular weight is 403 g/mol. The largest absolute Gasteiger partial charge is 0.381 e. The normalized spacial score (nSPS) is 20.0. The minimum Gasteiger partial charge on any atom is -0.381 e. The second kappa shape index (κ2) is 12.8. The van der Waals surface area contributed by atoms with Gasteiger partial charge in [-0.3, -0.25) is 9.89 Å². The summed E-state index contributed by atoms with van der Waals surface area (Å²) < 4.78 is 11.2. The zero-order valence-corrected chi connectivity index (χ0v) is 17.9. The summed E-state index contributed by atoms with van der Waals surface area (Å²) in [7, 11) is 1.84. The summed E-state index contributed by atoms with van der Waals surface area (Å²) in [4.78, 5) is 6.98. The molecule has 0 aliphatic carbocycles. The monoisotopic (exact) mass is 402 g/mol. The predicted molar refractivity (Wildman–Crippen MR) is 118 cm³/mol. The Hall–Kier alpha value is -1.63. The first-order valence-corrected chi connectivity index (χ1v) is 11.3. The van der Waals surface area contributed by atoms with E-state index >= 15 is 0 Å². The molecule has 0 spiro atoms. The number of rotatable bonds is 10. The van der Waals surface area contributed by atoms with E-state index in [1.54, 1.807) is 0 Å². The van der Waals surface area contributed by atoms with Crippen molar-refractivity contribution < 1.29 is 9.47 Å². The number of likely N-dealkylation sites (tertiary alicyclic amines) is 1. The van der Waals surface area contributed by atoms with Crippen LogP contribution in [0.5, 0.6) is 0 Å². The molecule has 3 rings (SSSR count). The van der Waals surface area contributed by atoms with Gasteiger partial charge in [-0.15, -0.1) is 0 Å². The highest BCUT2D eigenvalue weighted by atomic mass is 16.5. The van der Waals surface area contributed by atoms with Gasteiger partial charge in [-0.1, -0.05) is 30.3 Å². The van der Waals surface area contributed by atoms with E-state index in [0.717, 1.165) is 64.7 Å².